The molecule has 8 heteroatoms. The van der Waals surface area contributed by atoms with Gasteiger partial charge in [0.1, 0.15) is 5.58 Å². The van der Waals surface area contributed by atoms with Crippen molar-refractivity contribution in [2.75, 3.05) is 6.61 Å². The first-order chi connectivity index (χ1) is 11.8. The molecule has 0 aliphatic carbocycles. The van der Waals surface area contributed by atoms with Crippen molar-refractivity contribution in [3.05, 3.63) is 46.3 Å². The van der Waals surface area contributed by atoms with Crippen LogP contribution >= 0.6 is 11.8 Å². The molecule has 0 N–H and O–H groups in total. The van der Waals surface area contributed by atoms with E-state index in [1.807, 2.05) is 24.3 Å². The summed E-state index contributed by atoms with van der Waals surface area (Å²) in [5.41, 5.74) is 0.879. The number of ether oxygens (including phenoxy) is 1. The predicted molar refractivity (Wildman–Crippen MR) is 88.8 cm³/mol. The molecule has 3 heterocycles. The third-order valence-electron chi connectivity index (χ3n) is 3.97. The van der Waals surface area contributed by atoms with Crippen molar-refractivity contribution in [2.45, 2.75) is 36.4 Å². The molecule has 0 radical (unpaired) electrons. The Morgan fingerprint density at radius 2 is 2.25 bits per heavy atom. The van der Waals surface area contributed by atoms with Gasteiger partial charge in [-0.3, -0.25) is 0 Å². The highest BCUT2D eigenvalue weighted by molar-refractivity contribution is 7.98. The fourth-order valence-electron chi connectivity index (χ4n) is 2.74. The van der Waals surface area contributed by atoms with Crippen LogP contribution in [0.2, 0.25) is 0 Å². The van der Waals surface area contributed by atoms with Gasteiger partial charge in [-0.1, -0.05) is 30.0 Å². The summed E-state index contributed by atoms with van der Waals surface area (Å²) in [6.07, 6.45) is 2.27. The molecule has 1 saturated heterocycles. The van der Waals surface area contributed by atoms with Gasteiger partial charge in [-0.05, 0) is 35.4 Å². The Balaban J connectivity index is 1.50. The molecule has 1 atom stereocenters. The summed E-state index contributed by atoms with van der Waals surface area (Å²) in [5, 5.41) is 13.4. The first-order valence-corrected chi connectivity index (χ1v) is 8.80. The molecule has 1 fully saturated rings. The molecule has 24 heavy (non-hydrogen) atoms. The Morgan fingerprint density at radius 3 is 3.12 bits per heavy atom. The number of fused-ring (bicyclic) bond motifs is 1. The zero-order valence-corrected chi connectivity index (χ0v) is 13.7. The molecule has 0 spiro atoms. The average Bonchev–Trinajstić information content (AvgIpc) is 3.25. The molecule has 0 bridgehead atoms. The lowest BCUT2D eigenvalue weighted by molar-refractivity contribution is 0.0912. The molecule has 124 valence electrons. The number of hydrogen-bond donors (Lipinski definition) is 0. The number of para-hydroxylation sites is 1. The lowest BCUT2D eigenvalue weighted by atomic mass is 10.2. The van der Waals surface area contributed by atoms with Crippen LogP contribution in [0.4, 0.5) is 0 Å². The van der Waals surface area contributed by atoms with Gasteiger partial charge in [0.25, 0.3) is 0 Å². The third kappa shape index (κ3) is 3.20. The van der Waals surface area contributed by atoms with Crippen LogP contribution in [0.15, 0.2) is 44.7 Å². The maximum absolute atomic E-state index is 12.1. The van der Waals surface area contributed by atoms with Crippen molar-refractivity contribution in [3.63, 3.8) is 0 Å². The van der Waals surface area contributed by atoms with Gasteiger partial charge >= 0.3 is 5.63 Å². The summed E-state index contributed by atoms with van der Waals surface area (Å²) in [5.74, 6) is 0.457. The molecule has 7 nitrogen and oxygen atoms in total. The van der Waals surface area contributed by atoms with E-state index in [1.165, 1.54) is 11.8 Å². The van der Waals surface area contributed by atoms with Crippen molar-refractivity contribution in [1.29, 1.82) is 0 Å². The van der Waals surface area contributed by atoms with E-state index in [2.05, 4.69) is 15.5 Å². The normalized spacial score (nSPS) is 17.6. The monoisotopic (exact) mass is 344 g/mol. The van der Waals surface area contributed by atoms with Gasteiger partial charge in [0, 0.05) is 23.3 Å². The molecule has 4 rings (SSSR count). The van der Waals surface area contributed by atoms with Crippen molar-refractivity contribution in [1.82, 2.24) is 20.2 Å². The second kappa shape index (κ2) is 6.74. The molecule has 3 aromatic rings. The smallest absolute Gasteiger partial charge is 0.340 e. The fraction of sp³-hybridized carbons (Fsp3) is 0.375. The van der Waals surface area contributed by atoms with Crippen LogP contribution in [0.25, 0.3) is 11.0 Å². The SMILES string of the molecule is O=c1oc2ccccc2cc1CSc1nnnn1CC1CCCO1. The van der Waals surface area contributed by atoms with Gasteiger partial charge < -0.3 is 9.15 Å². The van der Waals surface area contributed by atoms with Crippen LogP contribution < -0.4 is 5.63 Å². The first-order valence-electron chi connectivity index (χ1n) is 7.82. The molecule has 2 aromatic heterocycles. The van der Waals surface area contributed by atoms with Crippen LogP contribution in [0, 0.1) is 0 Å². The second-order valence-corrected chi connectivity index (χ2v) is 6.61. The summed E-state index contributed by atoms with van der Waals surface area (Å²) in [7, 11) is 0. The maximum atomic E-state index is 12.1. The van der Waals surface area contributed by atoms with Gasteiger partial charge in [-0.2, -0.15) is 0 Å². The molecule has 1 aliphatic rings. The van der Waals surface area contributed by atoms with Gasteiger partial charge in [-0.25, -0.2) is 9.48 Å². The minimum Gasteiger partial charge on any atom is -0.423 e. The van der Waals surface area contributed by atoms with Gasteiger partial charge in [-0.15, -0.1) is 5.10 Å². The van der Waals surface area contributed by atoms with E-state index in [0.29, 0.717) is 28.6 Å². The van der Waals surface area contributed by atoms with E-state index in [4.69, 9.17) is 9.15 Å². The summed E-state index contributed by atoms with van der Waals surface area (Å²) in [6.45, 7) is 1.44. The van der Waals surface area contributed by atoms with Gasteiger partial charge in [0.05, 0.1) is 12.6 Å². The van der Waals surface area contributed by atoms with Crippen molar-refractivity contribution >= 4 is 22.7 Å². The van der Waals surface area contributed by atoms with E-state index in [1.54, 1.807) is 10.7 Å². The molecular weight excluding hydrogens is 328 g/mol. The quantitative estimate of drug-likeness (QED) is 0.518. The largest absolute Gasteiger partial charge is 0.423 e. The zero-order valence-electron chi connectivity index (χ0n) is 12.9. The summed E-state index contributed by atoms with van der Waals surface area (Å²) < 4.78 is 12.7. The summed E-state index contributed by atoms with van der Waals surface area (Å²) >= 11 is 1.42. The number of nitrogens with zero attached hydrogens (tertiary/aromatic N) is 4. The van der Waals surface area contributed by atoms with Crippen LogP contribution in [-0.2, 0) is 17.0 Å². The van der Waals surface area contributed by atoms with E-state index < -0.39 is 0 Å². The minimum atomic E-state index is -0.320. The van der Waals surface area contributed by atoms with Gasteiger partial charge in [0.2, 0.25) is 5.16 Å². The average molecular weight is 344 g/mol. The van der Waals surface area contributed by atoms with E-state index >= 15 is 0 Å². The van der Waals surface area contributed by atoms with Crippen LogP contribution in [0.1, 0.15) is 18.4 Å². The minimum absolute atomic E-state index is 0.165. The van der Waals surface area contributed by atoms with Crippen LogP contribution in [0.3, 0.4) is 0 Å². The van der Waals surface area contributed by atoms with Crippen LogP contribution in [-0.4, -0.2) is 32.9 Å². The van der Waals surface area contributed by atoms with E-state index in [9.17, 15) is 4.79 Å². The Labute approximate surface area is 142 Å². The molecule has 0 amide bonds. The zero-order chi connectivity index (χ0) is 16.4. The highest BCUT2D eigenvalue weighted by atomic mass is 32.2. The number of thioether (sulfide) groups is 1. The van der Waals surface area contributed by atoms with Crippen LogP contribution in [0.5, 0.6) is 0 Å². The van der Waals surface area contributed by atoms with Crippen molar-refractivity contribution < 1.29 is 9.15 Å². The Bertz CT molecular complexity index is 901. The van der Waals surface area contributed by atoms with E-state index in [-0.39, 0.29) is 11.7 Å². The Hall–Kier alpha value is -2.19. The molecule has 1 aromatic carbocycles. The molecule has 1 aliphatic heterocycles. The third-order valence-corrected chi connectivity index (χ3v) is 4.98. The molecule has 1 unspecified atom stereocenters. The van der Waals surface area contributed by atoms with E-state index in [0.717, 1.165) is 24.8 Å². The van der Waals surface area contributed by atoms with Crippen molar-refractivity contribution in [3.8, 4) is 0 Å². The van der Waals surface area contributed by atoms with Gasteiger partial charge in [0.15, 0.2) is 0 Å². The topological polar surface area (TPSA) is 83.0 Å². The Kier molecular flexibility index (Phi) is 4.31. The maximum Gasteiger partial charge on any atom is 0.340 e. The molecular formula is C16H16N4O3S. The standard InChI is InChI=1S/C16H16N4O3S/c21-15-12(8-11-4-1-2-6-14(11)23-15)10-24-16-17-18-19-20(16)9-13-5-3-7-22-13/h1-2,4,6,8,13H,3,5,7,9-10H2. The fourth-order valence-corrected chi connectivity index (χ4v) is 3.58. The number of benzene rings is 1. The molecule has 0 saturated carbocycles. The lowest BCUT2D eigenvalue weighted by Crippen LogP contribution is -2.17. The van der Waals surface area contributed by atoms with Crippen molar-refractivity contribution in [2.24, 2.45) is 0 Å². The highest BCUT2D eigenvalue weighted by Gasteiger charge is 2.19. The predicted octanol–water partition coefficient (Wildman–Crippen LogP) is 2.25. The lowest BCUT2D eigenvalue weighted by Gasteiger charge is -2.09. The second-order valence-electron chi connectivity index (χ2n) is 5.66. The summed E-state index contributed by atoms with van der Waals surface area (Å²) in [4.78, 5) is 12.1. The highest BCUT2D eigenvalue weighted by Crippen LogP contribution is 2.22. The summed E-state index contributed by atoms with van der Waals surface area (Å²) in [6, 6.07) is 9.34. The number of aromatic nitrogens is 4. The number of hydrogen-bond acceptors (Lipinski definition) is 7. The first kappa shape index (κ1) is 15.3. The number of tetrazole rings is 1. The Morgan fingerprint density at radius 1 is 1.33 bits per heavy atom. The number of rotatable bonds is 5.